The number of amides is 1. The molecule has 1 atom stereocenters. The molecule has 2 rings (SSSR count). The number of carbonyl (C=O) groups is 1. The summed E-state index contributed by atoms with van der Waals surface area (Å²) in [5, 5.41) is 16.5. The third-order valence-corrected chi connectivity index (χ3v) is 3.54. The number of hydrogen-bond acceptors (Lipinski definition) is 3. The average Bonchev–Trinajstić information content (AvgIpc) is 2.83. The Hall–Kier alpha value is -2.14. The highest BCUT2D eigenvalue weighted by Crippen LogP contribution is 2.15. The lowest BCUT2D eigenvalue weighted by atomic mass is 10.0. The van der Waals surface area contributed by atoms with Gasteiger partial charge in [0.25, 0.3) is 5.91 Å². The predicted molar refractivity (Wildman–Crippen MR) is 81.1 cm³/mol. The molecule has 5 heteroatoms. The normalized spacial score (nSPS) is 12.2. The summed E-state index contributed by atoms with van der Waals surface area (Å²) in [6, 6.07) is 7.49. The highest BCUT2D eigenvalue weighted by atomic mass is 16.3. The molecule has 21 heavy (non-hydrogen) atoms. The van der Waals surface area contributed by atoms with E-state index in [4.69, 9.17) is 0 Å². The van der Waals surface area contributed by atoms with Crippen LogP contribution < -0.4 is 5.32 Å². The molecule has 0 radical (unpaired) electrons. The van der Waals surface area contributed by atoms with Crippen molar-refractivity contribution in [3.05, 3.63) is 52.8 Å². The molecule has 0 saturated carbocycles. The number of aryl methyl sites for hydroxylation is 3. The quantitative estimate of drug-likeness (QED) is 0.880. The molecule has 2 N–H and O–H groups in total. The molecule has 0 saturated heterocycles. The van der Waals surface area contributed by atoms with Crippen molar-refractivity contribution in [2.75, 3.05) is 6.61 Å². The van der Waals surface area contributed by atoms with Crippen LogP contribution in [0.2, 0.25) is 0 Å². The summed E-state index contributed by atoms with van der Waals surface area (Å²) in [5.41, 5.74) is 3.32. The zero-order valence-corrected chi connectivity index (χ0v) is 12.6. The lowest BCUT2D eigenvalue weighted by molar-refractivity contribution is 0.0915. The minimum atomic E-state index is -0.414. The van der Waals surface area contributed by atoms with Gasteiger partial charge in [-0.25, -0.2) is 0 Å². The monoisotopic (exact) mass is 287 g/mol. The summed E-state index contributed by atoms with van der Waals surface area (Å²) >= 11 is 0. The first kappa shape index (κ1) is 15.3. The third-order valence-electron chi connectivity index (χ3n) is 3.54. The van der Waals surface area contributed by atoms with Gasteiger partial charge in [-0.3, -0.25) is 9.48 Å². The Kier molecular flexibility index (Phi) is 4.75. The molecule has 0 aliphatic heterocycles. The van der Waals surface area contributed by atoms with Crippen LogP contribution in [0.5, 0.6) is 0 Å². The van der Waals surface area contributed by atoms with Crippen LogP contribution in [0.25, 0.3) is 0 Å². The van der Waals surface area contributed by atoms with Crippen LogP contribution >= 0.6 is 0 Å². The van der Waals surface area contributed by atoms with Gasteiger partial charge in [-0.1, -0.05) is 31.2 Å². The van der Waals surface area contributed by atoms with Gasteiger partial charge in [0, 0.05) is 13.2 Å². The van der Waals surface area contributed by atoms with E-state index in [2.05, 4.69) is 17.3 Å². The van der Waals surface area contributed by atoms with Crippen LogP contribution in [0.15, 0.2) is 30.5 Å². The Morgan fingerprint density at radius 3 is 2.52 bits per heavy atom. The van der Waals surface area contributed by atoms with Crippen molar-refractivity contribution < 1.29 is 9.90 Å². The predicted octanol–water partition coefficient (Wildman–Crippen LogP) is 1.75. The molecule has 5 nitrogen and oxygen atoms in total. The van der Waals surface area contributed by atoms with E-state index in [1.54, 1.807) is 24.9 Å². The van der Waals surface area contributed by atoms with Gasteiger partial charge in [-0.2, -0.15) is 5.10 Å². The summed E-state index contributed by atoms with van der Waals surface area (Å²) in [6.45, 7) is 3.74. The topological polar surface area (TPSA) is 67.2 Å². The molecule has 0 spiro atoms. The van der Waals surface area contributed by atoms with E-state index in [0.717, 1.165) is 12.0 Å². The Labute approximate surface area is 124 Å². The Morgan fingerprint density at radius 1 is 1.38 bits per heavy atom. The maximum Gasteiger partial charge on any atom is 0.255 e. The molecule has 1 aromatic carbocycles. The van der Waals surface area contributed by atoms with Crippen LogP contribution in [0, 0.1) is 6.92 Å². The van der Waals surface area contributed by atoms with Crippen LogP contribution in [-0.2, 0) is 13.5 Å². The molecule has 112 valence electrons. The van der Waals surface area contributed by atoms with E-state index in [9.17, 15) is 9.90 Å². The molecule has 0 aliphatic carbocycles. The van der Waals surface area contributed by atoms with Crippen molar-refractivity contribution in [3.63, 3.8) is 0 Å². The summed E-state index contributed by atoms with van der Waals surface area (Å²) in [6.07, 6.45) is 2.64. The van der Waals surface area contributed by atoms with E-state index < -0.39 is 6.04 Å². The lowest BCUT2D eigenvalue weighted by Crippen LogP contribution is -2.31. The minimum Gasteiger partial charge on any atom is -0.394 e. The summed E-state index contributed by atoms with van der Waals surface area (Å²) in [4.78, 5) is 12.3. The first-order valence-electron chi connectivity index (χ1n) is 7.06. The fourth-order valence-corrected chi connectivity index (χ4v) is 2.28. The van der Waals surface area contributed by atoms with Gasteiger partial charge in [0.15, 0.2) is 0 Å². The molecular weight excluding hydrogens is 266 g/mol. The average molecular weight is 287 g/mol. The maximum absolute atomic E-state index is 12.3. The van der Waals surface area contributed by atoms with Gasteiger partial charge >= 0.3 is 0 Å². The molecular formula is C16H21N3O2. The first-order valence-corrected chi connectivity index (χ1v) is 7.06. The van der Waals surface area contributed by atoms with Crippen LogP contribution in [0.1, 0.15) is 40.1 Å². The fourth-order valence-electron chi connectivity index (χ4n) is 2.28. The number of benzene rings is 1. The number of carbonyl (C=O) groups excluding carboxylic acids is 1. The number of aliphatic hydroxyl groups excluding tert-OH is 1. The molecule has 1 heterocycles. The number of nitrogens with zero attached hydrogens (tertiary/aromatic N) is 2. The van der Waals surface area contributed by atoms with E-state index in [1.807, 2.05) is 24.3 Å². The molecule has 2 aromatic rings. The maximum atomic E-state index is 12.3. The van der Waals surface area contributed by atoms with Crippen LogP contribution in [0.4, 0.5) is 0 Å². The summed E-state index contributed by atoms with van der Waals surface area (Å²) in [5.74, 6) is -0.223. The number of hydrogen-bond donors (Lipinski definition) is 2. The molecule has 1 unspecified atom stereocenters. The zero-order chi connectivity index (χ0) is 15.4. The van der Waals surface area contributed by atoms with E-state index >= 15 is 0 Å². The number of aliphatic hydroxyl groups is 1. The molecule has 0 aliphatic rings. The van der Waals surface area contributed by atoms with Crippen molar-refractivity contribution in [1.82, 2.24) is 15.1 Å². The molecule has 1 amide bonds. The SMILES string of the molecule is CCc1ccc(C(CO)NC(=O)c2cn(C)nc2C)cc1. The Bertz CT molecular complexity index is 617. The van der Waals surface area contributed by atoms with Crippen molar-refractivity contribution >= 4 is 5.91 Å². The smallest absolute Gasteiger partial charge is 0.255 e. The highest BCUT2D eigenvalue weighted by molar-refractivity contribution is 5.95. The summed E-state index contributed by atoms with van der Waals surface area (Å²) in [7, 11) is 1.77. The largest absolute Gasteiger partial charge is 0.394 e. The van der Waals surface area contributed by atoms with Crippen molar-refractivity contribution in [2.45, 2.75) is 26.3 Å². The van der Waals surface area contributed by atoms with E-state index in [-0.39, 0.29) is 12.5 Å². The second-order valence-electron chi connectivity index (χ2n) is 5.11. The van der Waals surface area contributed by atoms with E-state index in [0.29, 0.717) is 11.3 Å². The van der Waals surface area contributed by atoms with Gasteiger partial charge in [0.1, 0.15) is 0 Å². The Balaban J connectivity index is 2.14. The van der Waals surface area contributed by atoms with Gasteiger partial charge < -0.3 is 10.4 Å². The second-order valence-corrected chi connectivity index (χ2v) is 5.11. The first-order chi connectivity index (χ1) is 10.0. The zero-order valence-electron chi connectivity index (χ0n) is 12.6. The Morgan fingerprint density at radius 2 is 2.05 bits per heavy atom. The van der Waals surface area contributed by atoms with Crippen molar-refractivity contribution in [1.29, 1.82) is 0 Å². The van der Waals surface area contributed by atoms with Crippen molar-refractivity contribution in [3.8, 4) is 0 Å². The number of nitrogens with one attached hydrogen (secondary N) is 1. The van der Waals surface area contributed by atoms with Crippen LogP contribution in [0.3, 0.4) is 0 Å². The highest BCUT2D eigenvalue weighted by Gasteiger charge is 2.18. The molecule has 1 aromatic heterocycles. The van der Waals surface area contributed by atoms with Gasteiger partial charge in [0.2, 0.25) is 0 Å². The van der Waals surface area contributed by atoms with Gasteiger partial charge in [-0.05, 0) is 24.5 Å². The van der Waals surface area contributed by atoms with Gasteiger partial charge in [0.05, 0.1) is 23.9 Å². The second kappa shape index (κ2) is 6.54. The standard InChI is InChI=1S/C16H21N3O2/c1-4-12-5-7-13(8-6-12)15(10-20)17-16(21)14-9-19(3)18-11(14)2/h5-9,15,20H,4,10H2,1-3H3,(H,17,21). The van der Waals surface area contributed by atoms with Crippen molar-refractivity contribution in [2.24, 2.45) is 7.05 Å². The summed E-state index contributed by atoms with van der Waals surface area (Å²) < 4.78 is 1.61. The number of aromatic nitrogens is 2. The third kappa shape index (κ3) is 3.49. The van der Waals surface area contributed by atoms with Gasteiger partial charge in [-0.15, -0.1) is 0 Å². The number of rotatable bonds is 5. The minimum absolute atomic E-state index is 0.142. The fraction of sp³-hybridized carbons (Fsp3) is 0.375. The van der Waals surface area contributed by atoms with E-state index in [1.165, 1.54) is 5.56 Å². The molecule has 0 bridgehead atoms. The lowest BCUT2D eigenvalue weighted by Gasteiger charge is -2.17. The molecule has 0 fully saturated rings. The van der Waals surface area contributed by atoms with Crippen LogP contribution in [-0.4, -0.2) is 27.4 Å².